The molecule has 176 valence electrons. The van der Waals surface area contributed by atoms with Crippen LogP contribution in [0.3, 0.4) is 0 Å². The molecule has 0 amide bonds. The summed E-state index contributed by atoms with van der Waals surface area (Å²) in [4.78, 5) is 4.73. The smallest absolute Gasteiger partial charge is 0.414 e. The van der Waals surface area contributed by atoms with Crippen LogP contribution in [0.2, 0.25) is 0 Å². The van der Waals surface area contributed by atoms with Gasteiger partial charge >= 0.3 is 7.60 Å². The number of nitrogens with zero attached hydrogens (tertiary/aromatic N) is 1. The first-order valence-electron chi connectivity index (χ1n) is 11.0. The summed E-state index contributed by atoms with van der Waals surface area (Å²) < 4.78 is 28.9. The monoisotopic (exact) mass is 564 g/mol. The third-order valence-electron chi connectivity index (χ3n) is 5.24. The van der Waals surface area contributed by atoms with Crippen LogP contribution in [-0.2, 0) is 4.57 Å². The van der Waals surface area contributed by atoms with Crippen molar-refractivity contribution >= 4 is 50.2 Å². The second kappa shape index (κ2) is 10.2. The van der Waals surface area contributed by atoms with Gasteiger partial charge < -0.3 is 14.4 Å². The van der Waals surface area contributed by atoms with Crippen LogP contribution >= 0.6 is 34.9 Å². The van der Waals surface area contributed by atoms with E-state index >= 15 is 0 Å². The first-order valence-corrected chi connectivity index (χ1v) is 14.2. The van der Waals surface area contributed by atoms with Gasteiger partial charge in [-0.1, -0.05) is 81.9 Å². The van der Waals surface area contributed by atoms with Gasteiger partial charge in [-0.3, -0.25) is 0 Å². The van der Waals surface area contributed by atoms with Crippen LogP contribution in [0.25, 0.3) is 10.2 Å². The number of fused-ring (bicyclic) bond motifs is 1. The van der Waals surface area contributed by atoms with Gasteiger partial charge in [-0.2, -0.15) is 0 Å². The molecular weight excluding hydrogens is 543 g/mol. The van der Waals surface area contributed by atoms with Crippen molar-refractivity contribution in [2.24, 2.45) is 0 Å². The van der Waals surface area contributed by atoms with Gasteiger partial charge in [0.15, 0.2) is 10.9 Å². The molecule has 0 aliphatic rings. The zero-order chi connectivity index (χ0) is 24.3. The number of rotatable bonds is 8. The lowest BCUT2D eigenvalue weighted by atomic mass is 10.2. The SMILES string of the molecule is Cc1ccc2nc(NC(c3cccc(Br)c3)P(=O)(Oc3ccccc3)Oc3ccccc3)sc2c1. The van der Waals surface area contributed by atoms with E-state index < -0.39 is 13.4 Å². The van der Waals surface area contributed by atoms with E-state index in [1.54, 1.807) is 24.3 Å². The summed E-state index contributed by atoms with van der Waals surface area (Å²) in [5, 5.41) is 4.01. The Morgan fingerprint density at radius 1 is 0.857 bits per heavy atom. The fourth-order valence-electron chi connectivity index (χ4n) is 3.61. The van der Waals surface area contributed by atoms with Crippen LogP contribution in [0.15, 0.2) is 108 Å². The van der Waals surface area contributed by atoms with Crippen LogP contribution in [0.4, 0.5) is 5.13 Å². The molecule has 1 atom stereocenters. The van der Waals surface area contributed by atoms with Gasteiger partial charge in [0.2, 0.25) is 0 Å². The van der Waals surface area contributed by atoms with Gasteiger partial charge in [-0.15, -0.1) is 0 Å². The average Bonchev–Trinajstić information content (AvgIpc) is 3.25. The van der Waals surface area contributed by atoms with E-state index in [1.807, 2.05) is 79.7 Å². The van der Waals surface area contributed by atoms with Crippen LogP contribution < -0.4 is 14.4 Å². The first kappa shape index (κ1) is 23.6. The predicted molar refractivity (Wildman–Crippen MR) is 147 cm³/mol. The maximum atomic E-state index is 14.7. The van der Waals surface area contributed by atoms with Crippen molar-refractivity contribution in [2.75, 3.05) is 5.32 Å². The Labute approximate surface area is 216 Å². The summed E-state index contributed by atoms with van der Waals surface area (Å²) in [6.07, 6.45) is 0. The normalized spacial score (nSPS) is 12.3. The number of nitrogens with one attached hydrogen (secondary N) is 1. The highest BCUT2D eigenvalue weighted by Crippen LogP contribution is 2.60. The molecule has 0 spiro atoms. The van der Waals surface area contributed by atoms with E-state index in [-0.39, 0.29) is 0 Å². The van der Waals surface area contributed by atoms with E-state index in [2.05, 4.69) is 27.3 Å². The molecule has 0 saturated carbocycles. The van der Waals surface area contributed by atoms with Crippen LogP contribution in [0.1, 0.15) is 16.9 Å². The van der Waals surface area contributed by atoms with Gasteiger partial charge in [0, 0.05) is 4.47 Å². The van der Waals surface area contributed by atoms with Crippen molar-refractivity contribution in [1.82, 2.24) is 4.98 Å². The van der Waals surface area contributed by atoms with Crippen molar-refractivity contribution in [3.05, 3.63) is 119 Å². The number of benzene rings is 4. The predicted octanol–water partition coefficient (Wildman–Crippen LogP) is 8.83. The minimum absolute atomic E-state index is 0.452. The van der Waals surface area contributed by atoms with Crippen LogP contribution in [0.5, 0.6) is 11.5 Å². The molecule has 0 aliphatic carbocycles. The van der Waals surface area contributed by atoms with Crippen molar-refractivity contribution < 1.29 is 13.6 Å². The molecule has 5 rings (SSSR count). The number of hydrogen-bond acceptors (Lipinski definition) is 6. The molecule has 0 saturated heterocycles. The quantitative estimate of drug-likeness (QED) is 0.191. The number of aromatic nitrogens is 1. The summed E-state index contributed by atoms with van der Waals surface area (Å²) in [5.41, 5.74) is 2.77. The molecule has 1 N–H and O–H groups in total. The molecular formula is C27H22BrN2O3PS. The Morgan fingerprint density at radius 3 is 2.14 bits per heavy atom. The maximum Gasteiger partial charge on any atom is 0.457 e. The molecule has 0 fully saturated rings. The van der Waals surface area contributed by atoms with E-state index in [0.29, 0.717) is 16.6 Å². The van der Waals surface area contributed by atoms with E-state index in [1.165, 1.54) is 11.3 Å². The molecule has 0 aliphatic heterocycles. The number of aryl methyl sites for hydroxylation is 1. The van der Waals surface area contributed by atoms with Crippen molar-refractivity contribution in [3.63, 3.8) is 0 Å². The molecule has 8 heteroatoms. The second-order valence-corrected chi connectivity index (χ2v) is 11.8. The maximum absolute atomic E-state index is 14.7. The molecule has 1 aromatic heterocycles. The zero-order valence-electron chi connectivity index (χ0n) is 18.8. The van der Waals surface area contributed by atoms with Crippen molar-refractivity contribution in [2.45, 2.75) is 12.7 Å². The number of thiazole rings is 1. The number of para-hydroxylation sites is 2. The molecule has 35 heavy (non-hydrogen) atoms. The Hall–Kier alpha value is -3.12. The minimum Gasteiger partial charge on any atom is -0.414 e. The first-order chi connectivity index (χ1) is 17.0. The van der Waals surface area contributed by atoms with Crippen LogP contribution in [-0.4, -0.2) is 4.98 Å². The van der Waals surface area contributed by atoms with Crippen LogP contribution in [0, 0.1) is 6.92 Å². The number of hydrogen-bond donors (Lipinski definition) is 1. The molecule has 1 unspecified atom stereocenters. The fourth-order valence-corrected chi connectivity index (χ4v) is 6.99. The molecule has 1 heterocycles. The lowest BCUT2D eigenvalue weighted by molar-refractivity contribution is 0.376. The molecule has 5 nitrogen and oxygen atoms in total. The van der Waals surface area contributed by atoms with Gasteiger partial charge in [0.1, 0.15) is 11.5 Å². The highest BCUT2D eigenvalue weighted by molar-refractivity contribution is 9.10. The Kier molecular flexibility index (Phi) is 6.91. The zero-order valence-corrected chi connectivity index (χ0v) is 22.1. The van der Waals surface area contributed by atoms with E-state index in [4.69, 9.17) is 14.0 Å². The van der Waals surface area contributed by atoms with E-state index in [0.717, 1.165) is 25.8 Å². The third kappa shape index (κ3) is 5.59. The van der Waals surface area contributed by atoms with Gasteiger partial charge in [0.05, 0.1) is 10.2 Å². The van der Waals surface area contributed by atoms with Crippen molar-refractivity contribution in [3.8, 4) is 11.5 Å². The third-order valence-corrected chi connectivity index (χ3v) is 8.67. The number of anilines is 1. The molecule has 0 radical (unpaired) electrons. The fraction of sp³-hybridized carbons (Fsp3) is 0.0741. The largest absolute Gasteiger partial charge is 0.457 e. The Balaban J connectivity index is 1.61. The summed E-state index contributed by atoms with van der Waals surface area (Å²) in [5.74, 6) is 0.0732. The average molecular weight is 565 g/mol. The van der Waals surface area contributed by atoms with Gasteiger partial charge in [-0.05, 0) is 66.6 Å². The summed E-state index contributed by atoms with van der Waals surface area (Å²) >= 11 is 5.04. The van der Waals surface area contributed by atoms with Crippen molar-refractivity contribution in [1.29, 1.82) is 0 Å². The second-order valence-electron chi connectivity index (χ2n) is 7.94. The molecule has 4 aromatic carbocycles. The highest BCUT2D eigenvalue weighted by Gasteiger charge is 2.41. The Bertz CT molecular complexity index is 1450. The Morgan fingerprint density at radius 2 is 1.51 bits per heavy atom. The molecule has 5 aromatic rings. The lowest BCUT2D eigenvalue weighted by Crippen LogP contribution is -2.18. The van der Waals surface area contributed by atoms with E-state index in [9.17, 15) is 4.57 Å². The summed E-state index contributed by atoms with van der Waals surface area (Å²) in [6, 6.07) is 31.9. The number of halogens is 1. The summed E-state index contributed by atoms with van der Waals surface area (Å²) in [7, 11) is -3.90. The summed E-state index contributed by atoms with van der Waals surface area (Å²) in [6.45, 7) is 2.05. The minimum atomic E-state index is -3.90. The lowest BCUT2D eigenvalue weighted by Gasteiger charge is -2.28. The highest BCUT2D eigenvalue weighted by atomic mass is 79.9. The van der Waals surface area contributed by atoms with Gasteiger partial charge in [0.25, 0.3) is 0 Å². The topological polar surface area (TPSA) is 60.5 Å². The van der Waals surface area contributed by atoms with Gasteiger partial charge in [-0.25, -0.2) is 9.55 Å². The standard InChI is InChI=1S/C27H22BrN2O3PS/c1-19-15-16-24-25(17-19)35-27(29-24)30-26(20-9-8-10-21(28)18-20)34(31,32-22-11-4-2-5-12-22)33-23-13-6-3-7-14-23/h2-18,26H,1H3,(H,29,30). The molecule has 0 bridgehead atoms.